The minimum absolute atomic E-state index is 0.0127. The molecular weight excluding hydrogens is 142 g/mol. The molecule has 3 nitrogen and oxygen atoms in total. The molecule has 3 atom stereocenters. The maximum absolute atomic E-state index is 5.92. The van der Waals surface area contributed by atoms with E-state index in [1.165, 1.54) is 0 Å². The molecule has 0 aromatic carbocycles. The van der Waals surface area contributed by atoms with Crippen LogP contribution in [0.1, 0.15) is 20.3 Å². The Kier molecular flexibility index (Phi) is 2.52. The summed E-state index contributed by atoms with van der Waals surface area (Å²) < 4.78 is 10.7. The van der Waals surface area contributed by atoms with Gasteiger partial charge in [-0.1, -0.05) is 0 Å². The molecule has 0 saturated carbocycles. The lowest BCUT2D eigenvalue weighted by molar-refractivity contribution is -0.122. The first-order chi connectivity index (χ1) is 5.10. The van der Waals surface area contributed by atoms with Crippen LogP contribution >= 0.6 is 0 Å². The molecule has 1 rings (SSSR count). The summed E-state index contributed by atoms with van der Waals surface area (Å²) >= 11 is 0. The molecule has 11 heavy (non-hydrogen) atoms. The Morgan fingerprint density at radius 2 is 2.27 bits per heavy atom. The smallest absolute Gasteiger partial charge is 0.0848 e. The summed E-state index contributed by atoms with van der Waals surface area (Å²) in [5.74, 6) is 0. The number of rotatable bonds is 1. The highest BCUT2D eigenvalue weighted by atomic mass is 16.5. The predicted molar refractivity (Wildman–Crippen MR) is 43.4 cm³/mol. The monoisotopic (exact) mass is 159 g/mol. The molecule has 0 aromatic heterocycles. The molecule has 0 amide bonds. The number of methoxy groups -OCH3 is 1. The van der Waals surface area contributed by atoms with Crippen LogP contribution in [0.15, 0.2) is 0 Å². The Morgan fingerprint density at radius 3 is 2.73 bits per heavy atom. The maximum atomic E-state index is 5.92. The first kappa shape index (κ1) is 8.97. The van der Waals surface area contributed by atoms with Crippen molar-refractivity contribution in [2.45, 2.75) is 38.0 Å². The number of ether oxygens (including phenoxy) is 2. The van der Waals surface area contributed by atoms with E-state index in [1.807, 2.05) is 13.8 Å². The van der Waals surface area contributed by atoms with E-state index in [0.717, 1.165) is 13.0 Å². The SMILES string of the molecule is CO[C@]1(C)CCO[C@@H](C)[C@@H]1N. The molecule has 0 spiro atoms. The van der Waals surface area contributed by atoms with Crippen molar-refractivity contribution in [1.82, 2.24) is 0 Å². The van der Waals surface area contributed by atoms with Crippen LogP contribution in [-0.2, 0) is 9.47 Å². The second-order valence-corrected chi connectivity index (χ2v) is 3.37. The largest absolute Gasteiger partial charge is 0.377 e. The molecule has 1 heterocycles. The zero-order chi connectivity index (χ0) is 8.48. The first-order valence-corrected chi connectivity index (χ1v) is 4.02. The zero-order valence-corrected chi connectivity index (χ0v) is 7.46. The lowest BCUT2D eigenvalue weighted by Gasteiger charge is -2.41. The minimum Gasteiger partial charge on any atom is -0.377 e. The molecule has 3 heteroatoms. The van der Waals surface area contributed by atoms with E-state index >= 15 is 0 Å². The van der Waals surface area contributed by atoms with Crippen molar-refractivity contribution in [2.75, 3.05) is 13.7 Å². The normalized spacial score (nSPS) is 45.8. The standard InChI is InChI=1S/C8H17NO2/c1-6-7(9)8(2,10-3)4-5-11-6/h6-7H,4-5,9H2,1-3H3/t6-,7-,8+/m0/s1. The van der Waals surface area contributed by atoms with Crippen molar-refractivity contribution in [1.29, 1.82) is 0 Å². The van der Waals surface area contributed by atoms with Crippen molar-refractivity contribution < 1.29 is 9.47 Å². The fourth-order valence-corrected chi connectivity index (χ4v) is 1.45. The highest BCUT2D eigenvalue weighted by molar-refractivity contribution is 4.93. The van der Waals surface area contributed by atoms with E-state index in [4.69, 9.17) is 15.2 Å². The van der Waals surface area contributed by atoms with Crippen molar-refractivity contribution in [3.8, 4) is 0 Å². The Bertz CT molecular complexity index is 140. The summed E-state index contributed by atoms with van der Waals surface area (Å²) in [6, 6.07) is -0.0127. The second-order valence-electron chi connectivity index (χ2n) is 3.37. The van der Waals surface area contributed by atoms with E-state index in [1.54, 1.807) is 7.11 Å². The molecule has 0 aromatic rings. The van der Waals surface area contributed by atoms with Crippen LogP contribution in [0.2, 0.25) is 0 Å². The van der Waals surface area contributed by atoms with Crippen LogP contribution < -0.4 is 5.73 Å². The average Bonchev–Trinajstić information content (AvgIpc) is 2.00. The third-order valence-electron chi connectivity index (χ3n) is 2.66. The highest BCUT2D eigenvalue weighted by Crippen LogP contribution is 2.26. The van der Waals surface area contributed by atoms with Gasteiger partial charge in [0, 0.05) is 20.1 Å². The van der Waals surface area contributed by atoms with E-state index in [-0.39, 0.29) is 17.7 Å². The Balaban J connectivity index is 2.64. The molecule has 66 valence electrons. The van der Waals surface area contributed by atoms with Crippen LogP contribution in [0.4, 0.5) is 0 Å². The Hall–Kier alpha value is -0.120. The molecule has 0 unspecified atom stereocenters. The van der Waals surface area contributed by atoms with Crippen molar-refractivity contribution >= 4 is 0 Å². The summed E-state index contributed by atoms with van der Waals surface area (Å²) in [4.78, 5) is 0. The van der Waals surface area contributed by atoms with Crippen LogP contribution in [0.3, 0.4) is 0 Å². The predicted octanol–water partition coefficient (Wildman–Crippen LogP) is 0.528. The van der Waals surface area contributed by atoms with E-state index in [2.05, 4.69) is 0 Å². The van der Waals surface area contributed by atoms with Gasteiger partial charge in [-0.25, -0.2) is 0 Å². The van der Waals surface area contributed by atoms with Gasteiger partial charge in [0.15, 0.2) is 0 Å². The summed E-state index contributed by atoms with van der Waals surface area (Å²) in [5, 5.41) is 0. The molecule has 1 aliphatic heterocycles. The molecule has 1 aliphatic rings. The van der Waals surface area contributed by atoms with Gasteiger partial charge in [-0.05, 0) is 13.8 Å². The van der Waals surface area contributed by atoms with Gasteiger partial charge in [-0.15, -0.1) is 0 Å². The molecule has 1 fully saturated rings. The van der Waals surface area contributed by atoms with Crippen molar-refractivity contribution in [3.05, 3.63) is 0 Å². The van der Waals surface area contributed by atoms with Crippen LogP contribution in [0.25, 0.3) is 0 Å². The van der Waals surface area contributed by atoms with Crippen LogP contribution in [0.5, 0.6) is 0 Å². The molecule has 0 aliphatic carbocycles. The third-order valence-corrected chi connectivity index (χ3v) is 2.66. The van der Waals surface area contributed by atoms with Crippen LogP contribution in [0, 0.1) is 0 Å². The molecule has 2 N–H and O–H groups in total. The zero-order valence-electron chi connectivity index (χ0n) is 7.46. The summed E-state index contributed by atoms with van der Waals surface area (Å²) in [6.07, 6.45) is 0.989. The lowest BCUT2D eigenvalue weighted by Crippen LogP contribution is -2.57. The van der Waals surface area contributed by atoms with Gasteiger partial charge >= 0.3 is 0 Å². The molecular formula is C8H17NO2. The number of nitrogens with two attached hydrogens (primary N) is 1. The molecule has 1 saturated heterocycles. The van der Waals surface area contributed by atoms with Gasteiger partial charge in [0.05, 0.1) is 17.7 Å². The van der Waals surface area contributed by atoms with Gasteiger partial charge in [0.2, 0.25) is 0 Å². The highest BCUT2D eigenvalue weighted by Gasteiger charge is 2.38. The number of hydrogen-bond acceptors (Lipinski definition) is 3. The van der Waals surface area contributed by atoms with Crippen molar-refractivity contribution in [2.24, 2.45) is 5.73 Å². The van der Waals surface area contributed by atoms with Crippen molar-refractivity contribution in [3.63, 3.8) is 0 Å². The number of hydrogen-bond donors (Lipinski definition) is 1. The van der Waals surface area contributed by atoms with Crippen LogP contribution in [-0.4, -0.2) is 31.5 Å². The maximum Gasteiger partial charge on any atom is 0.0848 e. The minimum atomic E-state index is -0.197. The second kappa shape index (κ2) is 3.09. The van der Waals surface area contributed by atoms with Gasteiger partial charge in [0.1, 0.15) is 0 Å². The Labute approximate surface area is 67.9 Å². The fraction of sp³-hybridized carbons (Fsp3) is 1.00. The van der Waals surface area contributed by atoms with Gasteiger partial charge < -0.3 is 15.2 Å². The fourth-order valence-electron chi connectivity index (χ4n) is 1.45. The summed E-state index contributed by atoms with van der Waals surface area (Å²) in [6.45, 7) is 4.77. The van der Waals surface area contributed by atoms with Gasteiger partial charge in [0.25, 0.3) is 0 Å². The molecule has 0 bridgehead atoms. The summed E-state index contributed by atoms with van der Waals surface area (Å²) in [5.41, 5.74) is 5.72. The first-order valence-electron chi connectivity index (χ1n) is 4.02. The summed E-state index contributed by atoms with van der Waals surface area (Å²) in [7, 11) is 1.71. The topological polar surface area (TPSA) is 44.5 Å². The average molecular weight is 159 g/mol. The van der Waals surface area contributed by atoms with E-state index in [9.17, 15) is 0 Å². The van der Waals surface area contributed by atoms with E-state index < -0.39 is 0 Å². The Morgan fingerprint density at radius 1 is 1.64 bits per heavy atom. The van der Waals surface area contributed by atoms with Gasteiger partial charge in [-0.2, -0.15) is 0 Å². The quantitative estimate of drug-likeness (QED) is 0.607. The lowest BCUT2D eigenvalue weighted by atomic mass is 9.88. The van der Waals surface area contributed by atoms with E-state index in [0.29, 0.717) is 0 Å². The molecule has 0 radical (unpaired) electrons. The van der Waals surface area contributed by atoms with Gasteiger partial charge in [-0.3, -0.25) is 0 Å². The third kappa shape index (κ3) is 1.55.